The summed E-state index contributed by atoms with van der Waals surface area (Å²) in [5.74, 6) is -0.558. The molecule has 1 aromatic carbocycles. The van der Waals surface area contributed by atoms with Crippen LogP contribution >= 0.6 is 0 Å². The van der Waals surface area contributed by atoms with E-state index in [0.717, 1.165) is 6.04 Å². The first-order chi connectivity index (χ1) is 11.2. The molecule has 134 valence electrons. The van der Waals surface area contributed by atoms with Crippen LogP contribution in [0.3, 0.4) is 0 Å². The van der Waals surface area contributed by atoms with Crippen LogP contribution in [-0.4, -0.2) is 43.9 Å². The number of non-ortho nitro benzene ring substituents is 1. The monoisotopic (exact) mass is 355 g/mol. The molecule has 0 aliphatic rings. The Morgan fingerprint density at radius 2 is 1.88 bits per heavy atom. The number of ether oxygens (including phenoxy) is 2. The van der Waals surface area contributed by atoms with E-state index in [2.05, 4.69) is 19.6 Å². The summed E-state index contributed by atoms with van der Waals surface area (Å²) >= 11 is 0. The molecule has 0 heterocycles. The third kappa shape index (κ3) is 7.56. The zero-order valence-corrected chi connectivity index (χ0v) is 15.4. The average molecular weight is 355 g/mol. The summed E-state index contributed by atoms with van der Waals surface area (Å²) in [6.45, 7) is 6.89. The zero-order chi connectivity index (χ0) is 18.2. The maximum absolute atomic E-state index is 11.9. The molecular formula is C16H25NO6Si. The lowest BCUT2D eigenvalue weighted by Crippen LogP contribution is -2.27. The molecule has 7 nitrogen and oxygen atoms in total. The van der Waals surface area contributed by atoms with Crippen molar-refractivity contribution >= 4 is 19.7 Å². The van der Waals surface area contributed by atoms with Crippen LogP contribution in [0.15, 0.2) is 24.3 Å². The van der Waals surface area contributed by atoms with Crippen LogP contribution in [0, 0.1) is 16.0 Å². The molecule has 0 amide bonds. The molecule has 1 atom stereocenters. The summed E-state index contributed by atoms with van der Waals surface area (Å²) < 4.78 is 10.7. The van der Waals surface area contributed by atoms with Crippen LogP contribution in [0.2, 0.25) is 25.7 Å². The van der Waals surface area contributed by atoms with Crippen molar-refractivity contribution in [1.29, 1.82) is 0 Å². The Kier molecular flexibility index (Phi) is 7.86. The minimum atomic E-state index is -1.26. The van der Waals surface area contributed by atoms with Gasteiger partial charge >= 0.3 is 5.97 Å². The van der Waals surface area contributed by atoms with Gasteiger partial charge < -0.3 is 14.6 Å². The summed E-state index contributed by atoms with van der Waals surface area (Å²) in [5.41, 5.74) is -0.0124. The average Bonchev–Trinajstić information content (AvgIpc) is 2.50. The molecule has 0 aliphatic carbocycles. The van der Waals surface area contributed by atoms with Crippen LogP contribution in [0.25, 0.3) is 0 Å². The Labute approximate surface area is 142 Å². The van der Waals surface area contributed by atoms with Gasteiger partial charge in [-0.25, -0.2) is 0 Å². The van der Waals surface area contributed by atoms with Crippen molar-refractivity contribution in [2.45, 2.75) is 32.1 Å². The third-order valence-corrected chi connectivity index (χ3v) is 5.14. The van der Waals surface area contributed by atoms with Crippen molar-refractivity contribution in [1.82, 2.24) is 0 Å². The van der Waals surface area contributed by atoms with Gasteiger partial charge in [-0.2, -0.15) is 0 Å². The summed E-state index contributed by atoms with van der Waals surface area (Å²) in [4.78, 5) is 22.0. The first-order valence-corrected chi connectivity index (χ1v) is 11.6. The molecule has 1 rings (SSSR count). The van der Waals surface area contributed by atoms with E-state index in [1.165, 1.54) is 24.3 Å². The van der Waals surface area contributed by atoms with Crippen LogP contribution in [0.5, 0.6) is 5.75 Å². The summed E-state index contributed by atoms with van der Waals surface area (Å²) in [6.07, 6.45) is 0.319. The number of nitro groups is 1. The van der Waals surface area contributed by atoms with Crippen molar-refractivity contribution < 1.29 is 24.3 Å². The van der Waals surface area contributed by atoms with Gasteiger partial charge in [0, 0.05) is 20.2 Å². The van der Waals surface area contributed by atoms with Gasteiger partial charge in [0.1, 0.15) is 5.75 Å². The molecule has 0 aromatic heterocycles. The largest absolute Gasteiger partial charge is 0.494 e. The fraction of sp³-hybridized carbons (Fsp3) is 0.562. The SMILES string of the molecule is C[Si](C)(C)CCOC(=O)[C@H](CO)CCOc1ccc([N+](=O)[O-])cc1. The van der Waals surface area contributed by atoms with E-state index in [0.29, 0.717) is 18.8 Å². The smallest absolute Gasteiger partial charge is 0.311 e. The number of esters is 1. The zero-order valence-electron chi connectivity index (χ0n) is 14.4. The van der Waals surface area contributed by atoms with Gasteiger partial charge in [0.05, 0.1) is 30.7 Å². The minimum absolute atomic E-state index is 0.0124. The molecule has 1 aromatic rings. The lowest BCUT2D eigenvalue weighted by atomic mass is 10.1. The first-order valence-electron chi connectivity index (χ1n) is 7.87. The quantitative estimate of drug-likeness (QED) is 0.300. The van der Waals surface area contributed by atoms with Gasteiger partial charge in [-0.1, -0.05) is 19.6 Å². The number of nitrogens with zero attached hydrogens (tertiary/aromatic N) is 1. The number of hydrogen-bond acceptors (Lipinski definition) is 6. The molecule has 0 bridgehead atoms. The highest BCUT2D eigenvalue weighted by Crippen LogP contribution is 2.18. The van der Waals surface area contributed by atoms with E-state index in [9.17, 15) is 20.0 Å². The topological polar surface area (TPSA) is 98.9 Å². The molecule has 0 radical (unpaired) electrons. The number of hydrogen-bond donors (Lipinski definition) is 1. The second kappa shape index (κ2) is 9.38. The van der Waals surface area contributed by atoms with Crippen LogP contribution in [-0.2, 0) is 9.53 Å². The Morgan fingerprint density at radius 3 is 2.38 bits per heavy atom. The van der Waals surface area contributed by atoms with E-state index in [-0.39, 0.29) is 18.9 Å². The van der Waals surface area contributed by atoms with Crippen molar-refractivity contribution in [3.05, 3.63) is 34.4 Å². The molecule has 0 spiro atoms. The van der Waals surface area contributed by atoms with Crippen LogP contribution in [0.1, 0.15) is 6.42 Å². The van der Waals surface area contributed by atoms with Crippen LogP contribution in [0.4, 0.5) is 5.69 Å². The molecule has 8 heteroatoms. The Hall–Kier alpha value is -1.93. The first kappa shape index (κ1) is 20.1. The van der Waals surface area contributed by atoms with E-state index in [1.54, 1.807) is 0 Å². The standard InChI is InChI=1S/C16H25NO6Si/c1-24(2,3)11-10-23-16(19)13(12-18)8-9-22-15-6-4-14(5-7-15)17(20)21/h4-7,13,18H,8-12H2,1-3H3/t13-/m0/s1. The fourth-order valence-corrected chi connectivity index (χ4v) is 2.56. The second-order valence-electron chi connectivity index (χ2n) is 6.75. The van der Waals surface area contributed by atoms with Gasteiger partial charge in [-0.3, -0.25) is 14.9 Å². The number of nitro benzene ring substituents is 1. The summed E-state index contributed by atoms with van der Waals surface area (Å²) in [6, 6.07) is 6.58. The summed E-state index contributed by atoms with van der Waals surface area (Å²) in [7, 11) is -1.26. The minimum Gasteiger partial charge on any atom is -0.494 e. The van der Waals surface area contributed by atoms with E-state index in [1.807, 2.05) is 0 Å². The van der Waals surface area contributed by atoms with Crippen molar-refractivity contribution in [3.63, 3.8) is 0 Å². The molecular weight excluding hydrogens is 330 g/mol. The Bertz CT molecular complexity index is 540. The highest BCUT2D eigenvalue weighted by atomic mass is 28.3. The highest BCUT2D eigenvalue weighted by molar-refractivity contribution is 6.76. The molecule has 0 aliphatic heterocycles. The predicted molar refractivity (Wildman–Crippen MR) is 92.9 cm³/mol. The lowest BCUT2D eigenvalue weighted by molar-refractivity contribution is -0.384. The van der Waals surface area contributed by atoms with Gasteiger partial charge in [0.25, 0.3) is 5.69 Å². The van der Waals surface area contributed by atoms with Gasteiger partial charge in [-0.15, -0.1) is 0 Å². The highest BCUT2D eigenvalue weighted by Gasteiger charge is 2.21. The maximum atomic E-state index is 11.9. The number of carbonyl (C=O) groups is 1. The van der Waals surface area contributed by atoms with Crippen molar-refractivity contribution in [3.8, 4) is 5.75 Å². The Balaban J connectivity index is 2.37. The normalized spacial score (nSPS) is 12.5. The van der Waals surface area contributed by atoms with Gasteiger partial charge in [0.15, 0.2) is 0 Å². The molecule has 1 N–H and O–H groups in total. The van der Waals surface area contributed by atoms with E-state index < -0.39 is 24.9 Å². The predicted octanol–water partition coefficient (Wildman–Crippen LogP) is 2.85. The molecule has 0 fully saturated rings. The van der Waals surface area contributed by atoms with Gasteiger partial charge in [0.2, 0.25) is 0 Å². The maximum Gasteiger partial charge on any atom is 0.311 e. The van der Waals surface area contributed by atoms with Gasteiger partial charge in [-0.05, 0) is 24.6 Å². The number of carbonyl (C=O) groups excluding carboxylic acids is 1. The Morgan fingerprint density at radius 1 is 1.25 bits per heavy atom. The fourth-order valence-electron chi connectivity index (χ4n) is 1.84. The number of aliphatic hydroxyl groups excluding tert-OH is 1. The lowest BCUT2D eigenvalue weighted by Gasteiger charge is -2.18. The molecule has 0 saturated heterocycles. The second-order valence-corrected chi connectivity index (χ2v) is 12.4. The summed E-state index contributed by atoms with van der Waals surface area (Å²) in [5, 5.41) is 19.9. The molecule has 0 saturated carbocycles. The number of aliphatic hydroxyl groups is 1. The van der Waals surface area contributed by atoms with E-state index >= 15 is 0 Å². The number of rotatable bonds is 10. The molecule has 24 heavy (non-hydrogen) atoms. The molecule has 0 unspecified atom stereocenters. The van der Waals surface area contributed by atoms with Crippen molar-refractivity contribution in [2.24, 2.45) is 5.92 Å². The third-order valence-electron chi connectivity index (χ3n) is 3.43. The van der Waals surface area contributed by atoms with E-state index in [4.69, 9.17) is 9.47 Å². The van der Waals surface area contributed by atoms with Crippen molar-refractivity contribution in [2.75, 3.05) is 19.8 Å². The van der Waals surface area contributed by atoms with Crippen LogP contribution < -0.4 is 4.74 Å². The number of benzene rings is 1.